The lowest BCUT2D eigenvalue weighted by atomic mass is 10.3. The number of carboxylic acid groups (broad SMARTS) is 1. The topological polar surface area (TPSA) is 97.3 Å². The molecule has 0 atom stereocenters. The molecule has 0 saturated carbocycles. The predicted octanol–water partition coefficient (Wildman–Crippen LogP) is 0.910. The fourth-order valence-corrected chi connectivity index (χ4v) is 1.79. The first-order valence-corrected chi connectivity index (χ1v) is 6.79. The number of carbonyl (C=O) groups is 2. The number of hydrogen-bond acceptors (Lipinski definition) is 5. The SMILES string of the molecule is CN(CCC(=O)O)C(=O)NCCOc1ccc2c(c1)OCO2. The maximum atomic E-state index is 11.7. The van der Waals surface area contributed by atoms with E-state index in [2.05, 4.69) is 5.32 Å². The number of nitrogens with one attached hydrogen (secondary N) is 1. The van der Waals surface area contributed by atoms with Crippen LogP contribution in [0.1, 0.15) is 6.42 Å². The van der Waals surface area contributed by atoms with Gasteiger partial charge in [0, 0.05) is 19.7 Å². The Hall–Kier alpha value is -2.64. The van der Waals surface area contributed by atoms with Crippen molar-refractivity contribution >= 4 is 12.0 Å². The van der Waals surface area contributed by atoms with Crippen LogP contribution in [0.2, 0.25) is 0 Å². The van der Waals surface area contributed by atoms with E-state index in [-0.39, 0.29) is 32.4 Å². The zero-order valence-corrected chi connectivity index (χ0v) is 12.2. The number of amides is 2. The molecule has 0 radical (unpaired) electrons. The first-order chi connectivity index (χ1) is 10.6. The fourth-order valence-electron chi connectivity index (χ4n) is 1.79. The van der Waals surface area contributed by atoms with Crippen LogP contribution in [0.15, 0.2) is 18.2 Å². The number of urea groups is 1. The average molecular weight is 310 g/mol. The molecule has 120 valence electrons. The van der Waals surface area contributed by atoms with Crippen molar-refractivity contribution in [3.63, 3.8) is 0 Å². The molecule has 0 spiro atoms. The molecule has 0 saturated heterocycles. The van der Waals surface area contributed by atoms with E-state index in [4.69, 9.17) is 19.3 Å². The number of fused-ring (bicyclic) bond motifs is 1. The highest BCUT2D eigenvalue weighted by Crippen LogP contribution is 2.34. The van der Waals surface area contributed by atoms with Gasteiger partial charge in [0.1, 0.15) is 12.4 Å². The molecular weight excluding hydrogens is 292 g/mol. The van der Waals surface area contributed by atoms with Gasteiger partial charge in [0.25, 0.3) is 0 Å². The maximum Gasteiger partial charge on any atom is 0.317 e. The summed E-state index contributed by atoms with van der Waals surface area (Å²) in [5.41, 5.74) is 0. The molecule has 1 aliphatic rings. The number of benzene rings is 1. The number of nitrogens with zero attached hydrogens (tertiary/aromatic N) is 1. The number of aliphatic carboxylic acids is 1. The van der Waals surface area contributed by atoms with Crippen molar-refractivity contribution in [2.45, 2.75) is 6.42 Å². The maximum absolute atomic E-state index is 11.7. The standard InChI is InChI=1S/C14H18N2O6/c1-16(6-4-13(17)18)14(19)15-5-7-20-10-2-3-11-12(8-10)22-9-21-11/h2-3,8H,4-7,9H2,1H3,(H,15,19)(H,17,18). The van der Waals surface area contributed by atoms with E-state index in [0.29, 0.717) is 23.8 Å². The highest BCUT2D eigenvalue weighted by atomic mass is 16.7. The summed E-state index contributed by atoms with van der Waals surface area (Å²) < 4.78 is 15.9. The van der Waals surface area contributed by atoms with Crippen LogP contribution in [0.5, 0.6) is 17.2 Å². The van der Waals surface area contributed by atoms with E-state index < -0.39 is 5.97 Å². The zero-order chi connectivity index (χ0) is 15.9. The smallest absolute Gasteiger partial charge is 0.317 e. The van der Waals surface area contributed by atoms with Gasteiger partial charge in [-0.05, 0) is 12.1 Å². The molecule has 8 heteroatoms. The minimum Gasteiger partial charge on any atom is -0.492 e. The minimum absolute atomic E-state index is 0.0857. The Bertz CT molecular complexity index is 548. The van der Waals surface area contributed by atoms with E-state index in [0.717, 1.165) is 0 Å². The molecular formula is C14H18N2O6. The van der Waals surface area contributed by atoms with Crippen LogP contribution in [-0.2, 0) is 4.79 Å². The van der Waals surface area contributed by atoms with Crippen molar-refractivity contribution in [3.8, 4) is 17.2 Å². The van der Waals surface area contributed by atoms with E-state index in [9.17, 15) is 9.59 Å². The third kappa shape index (κ3) is 4.44. The highest BCUT2D eigenvalue weighted by Gasteiger charge is 2.14. The van der Waals surface area contributed by atoms with Gasteiger partial charge in [-0.15, -0.1) is 0 Å². The van der Waals surface area contributed by atoms with Crippen LogP contribution in [-0.4, -0.2) is 55.5 Å². The first kappa shape index (κ1) is 15.7. The van der Waals surface area contributed by atoms with Gasteiger partial charge in [-0.3, -0.25) is 4.79 Å². The Morgan fingerprint density at radius 3 is 2.91 bits per heavy atom. The lowest BCUT2D eigenvalue weighted by Gasteiger charge is -2.17. The normalized spacial score (nSPS) is 11.9. The fraction of sp³-hybridized carbons (Fsp3) is 0.429. The molecule has 1 aliphatic heterocycles. The van der Waals surface area contributed by atoms with Gasteiger partial charge in [0.2, 0.25) is 6.79 Å². The Kier molecular flexibility index (Phi) is 5.29. The molecule has 0 unspecified atom stereocenters. The van der Waals surface area contributed by atoms with Crippen molar-refractivity contribution in [2.75, 3.05) is 33.5 Å². The molecule has 0 aromatic heterocycles. The second-order valence-electron chi connectivity index (χ2n) is 4.66. The molecule has 0 bridgehead atoms. The van der Waals surface area contributed by atoms with Crippen LogP contribution < -0.4 is 19.5 Å². The van der Waals surface area contributed by atoms with Gasteiger partial charge in [0.15, 0.2) is 11.5 Å². The highest BCUT2D eigenvalue weighted by molar-refractivity contribution is 5.74. The van der Waals surface area contributed by atoms with Crippen molar-refractivity contribution < 1.29 is 28.9 Å². The van der Waals surface area contributed by atoms with Crippen molar-refractivity contribution in [3.05, 3.63) is 18.2 Å². The minimum atomic E-state index is -0.939. The van der Waals surface area contributed by atoms with Gasteiger partial charge >= 0.3 is 12.0 Å². The van der Waals surface area contributed by atoms with Crippen molar-refractivity contribution in [1.82, 2.24) is 10.2 Å². The summed E-state index contributed by atoms with van der Waals surface area (Å²) in [7, 11) is 1.54. The van der Waals surface area contributed by atoms with Crippen LogP contribution in [0.25, 0.3) is 0 Å². The number of ether oxygens (including phenoxy) is 3. The molecule has 8 nitrogen and oxygen atoms in total. The molecule has 22 heavy (non-hydrogen) atoms. The van der Waals surface area contributed by atoms with Gasteiger partial charge in [-0.2, -0.15) is 0 Å². The molecule has 2 N–H and O–H groups in total. The molecule has 2 rings (SSSR count). The largest absolute Gasteiger partial charge is 0.492 e. The predicted molar refractivity (Wildman–Crippen MR) is 76.3 cm³/mol. The number of carbonyl (C=O) groups excluding carboxylic acids is 1. The van der Waals surface area contributed by atoms with Gasteiger partial charge in [0.05, 0.1) is 13.0 Å². The molecule has 0 fully saturated rings. The monoisotopic (exact) mass is 310 g/mol. The van der Waals surface area contributed by atoms with Crippen LogP contribution >= 0.6 is 0 Å². The number of hydrogen-bond donors (Lipinski definition) is 2. The van der Waals surface area contributed by atoms with Gasteiger partial charge in [-0.25, -0.2) is 4.79 Å². The number of rotatable bonds is 7. The van der Waals surface area contributed by atoms with Crippen LogP contribution in [0.4, 0.5) is 4.79 Å². The summed E-state index contributed by atoms with van der Waals surface area (Å²) in [6, 6.07) is 4.91. The average Bonchev–Trinajstić information content (AvgIpc) is 2.96. The van der Waals surface area contributed by atoms with E-state index in [1.54, 1.807) is 18.2 Å². The second-order valence-corrected chi connectivity index (χ2v) is 4.66. The van der Waals surface area contributed by atoms with Crippen molar-refractivity contribution in [2.24, 2.45) is 0 Å². The second kappa shape index (κ2) is 7.39. The summed E-state index contributed by atoms with van der Waals surface area (Å²) in [5, 5.41) is 11.2. The van der Waals surface area contributed by atoms with E-state index in [1.807, 2.05) is 0 Å². The van der Waals surface area contributed by atoms with Gasteiger partial charge < -0.3 is 29.5 Å². The Balaban J connectivity index is 1.66. The molecule has 0 aliphatic carbocycles. The van der Waals surface area contributed by atoms with Crippen molar-refractivity contribution in [1.29, 1.82) is 0 Å². The quantitative estimate of drug-likeness (QED) is 0.727. The molecule has 1 heterocycles. The van der Waals surface area contributed by atoms with Gasteiger partial charge in [-0.1, -0.05) is 0 Å². The van der Waals surface area contributed by atoms with Crippen LogP contribution in [0.3, 0.4) is 0 Å². The third-order valence-electron chi connectivity index (χ3n) is 3.00. The molecule has 1 aromatic rings. The van der Waals surface area contributed by atoms with Crippen LogP contribution in [0, 0.1) is 0 Å². The summed E-state index contributed by atoms with van der Waals surface area (Å²) in [4.78, 5) is 23.4. The zero-order valence-electron chi connectivity index (χ0n) is 12.2. The Morgan fingerprint density at radius 1 is 1.36 bits per heavy atom. The Morgan fingerprint density at radius 2 is 2.14 bits per heavy atom. The summed E-state index contributed by atoms with van der Waals surface area (Å²) in [6.07, 6.45) is -0.0857. The Labute approximate surface area is 127 Å². The number of carboxylic acids is 1. The lowest BCUT2D eigenvalue weighted by molar-refractivity contribution is -0.137. The molecule has 2 amide bonds. The first-order valence-electron chi connectivity index (χ1n) is 6.79. The summed E-state index contributed by atoms with van der Waals surface area (Å²) >= 11 is 0. The lowest BCUT2D eigenvalue weighted by Crippen LogP contribution is -2.40. The molecule has 1 aromatic carbocycles. The summed E-state index contributed by atoms with van der Waals surface area (Å²) in [5.74, 6) is 0.999. The van der Waals surface area contributed by atoms with E-state index >= 15 is 0 Å². The third-order valence-corrected chi connectivity index (χ3v) is 3.00. The van der Waals surface area contributed by atoms with E-state index in [1.165, 1.54) is 11.9 Å². The summed E-state index contributed by atoms with van der Waals surface area (Å²) in [6.45, 7) is 0.963.